The molecule has 0 atom stereocenters. The minimum Gasteiger partial charge on any atom is -0.465 e. The number of allylic oxidation sites excluding steroid dienone is 2. The van der Waals surface area contributed by atoms with Gasteiger partial charge in [0.25, 0.3) is 0 Å². The van der Waals surface area contributed by atoms with Crippen LogP contribution in [-0.4, -0.2) is 26.3 Å². The summed E-state index contributed by atoms with van der Waals surface area (Å²) in [5.41, 5.74) is 1.31. The maximum absolute atomic E-state index is 11.7. The van der Waals surface area contributed by atoms with Gasteiger partial charge in [0.05, 0.1) is 19.3 Å². The zero-order chi connectivity index (χ0) is 13.9. The molecule has 0 aliphatic rings. The van der Waals surface area contributed by atoms with Crippen molar-refractivity contribution in [3.63, 3.8) is 0 Å². The Bertz CT molecular complexity index is 492. The molecule has 19 heavy (non-hydrogen) atoms. The second kappa shape index (κ2) is 8.73. The van der Waals surface area contributed by atoms with Gasteiger partial charge in [0.1, 0.15) is 6.61 Å². The van der Waals surface area contributed by atoms with Crippen molar-refractivity contribution in [3.8, 4) is 12.3 Å². The molecule has 0 radical (unpaired) electrons. The number of carbonyl (C=O) groups excluding carboxylic acids is 1. The van der Waals surface area contributed by atoms with Crippen LogP contribution >= 0.6 is 0 Å². The Morgan fingerprint density at radius 2 is 2.11 bits per heavy atom. The average molecular weight is 256 g/mol. The van der Waals surface area contributed by atoms with Gasteiger partial charge in [-0.2, -0.15) is 0 Å². The van der Waals surface area contributed by atoms with Crippen molar-refractivity contribution in [1.82, 2.24) is 0 Å². The monoisotopic (exact) mass is 256 g/mol. The standard InChI is InChI=1S/C16H16O3/c1-3-12-19-13-8-7-11-15(16(17)18-2)14-9-5-4-6-10-14/h1,4-11H,12-13H2,2H3/b8-7+,15-11+. The smallest absolute Gasteiger partial charge is 0.338 e. The van der Waals surface area contributed by atoms with E-state index in [1.54, 1.807) is 18.2 Å². The predicted octanol–water partition coefficient (Wildman–Crippen LogP) is 2.45. The largest absolute Gasteiger partial charge is 0.465 e. The number of hydrogen-bond donors (Lipinski definition) is 0. The third-order valence-electron chi connectivity index (χ3n) is 2.29. The second-order valence-electron chi connectivity index (χ2n) is 3.59. The van der Waals surface area contributed by atoms with Gasteiger partial charge in [0, 0.05) is 0 Å². The van der Waals surface area contributed by atoms with Gasteiger partial charge in [-0.25, -0.2) is 4.79 Å². The van der Waals surface area contributed by atoms with Gasteiger partial charge in [-0.15, -0.1) is 6.42 Å². The molecule has 0 aromatic heterocycles. The molecule has 3 heteroatoms. The van der Waals surface area contributed by atoms with Crippen LogP contribution in [0.5, 0.6) is 0 Å². The van der Waals surface area contributed by atoms with E-state index in [2.05, 4.69) is 5.92 Å². The van der Waals surface area contributed by atoms with Crippen LogP contribution in [0.15, 0.2) is 48.6 Å². The Kier molecular flexibility index (Phi) is 6.78. The lowest BCUT2D eigenvalue weighted by molar-refractivity contribution is -0.133. The molecule has 0 fully saturated rings. The van der Waals surface area contributed by atoms with Crippen LogP contribution < -0.4 is 0 Å². The van der Waals surface area contributed by atoms with E-state index in [-0.39, 0.29) is 12.6 Å². The summed E-state index contributed by atoms with van der Waals surface area (Å²) in [7, 11) is 1.36. The molecule has 0 unspecified atom stereocenters. The van der Waals surface area contributed by atoms with E-state index >= 15 is 0 Å². The summed E-state index contributed by atoms with van der Waals surface area (Å²) in [6.45, 7) is 0.681. The van der Waals surface area contributed by atoms with Crippen molar-refractivity contribution < 1.29 is 14.3 Å². The average Bonchev–Trinajstić information content (AvgIpc) is 2.47. The summed E-state index contributed by atoms with van der Waals surface area (Å²) in [6, 6.07) is 9.33. The highest BCUT2D eigenvalue weighted by Gasteiger charge is 2.10. The number of terminal acetylenes is 1. The molecule has 0 heterocycles. The van der Waals surface area contributed by atoms with Crippen LogP contribution in [0.1, 0.15) is 5.56 Å². The Balaban J connectivity index is 2.76. The molecule has 1 aromatic rings. The van der Waals surface area contributed by atoms with E-state index in [9.17, 15) is 4.79 Å². The van der Waals surface area contributed by atoms with Crippen LogP contribution in [-0.2, 0) is 14.3 Å². The minimum atomic E-state index is -0.375. The van der Waals surface area contributed by atoms with Crippen LogP contribution in [0.4, 0.5) is 0 Å². The third kappa shape index (κ3) is 5.24. The topological polar surface area (TPSA) is 35.5 Å². The maximum Gasteiger partial charge on any atom is 0.338 e. The normalized spacial score (nSPS) is 11.3. The van der Waals surface area contributed by atoms with Gasteiger partial charge >= 0.3 is 5.97 Å². The van der Waals surface area contributed by atoms with Gasteiger partial charge in [0.2, 0.25) is 0 Å². The van der Waals surface area contributed by atoms with Gasteiger partial charge in [-0.05, 0) is 11.6 Å². The Morgan fingerprint density at radius 3 is 2.74 bits per heavy atom. The molecule has 0 aliphatic carbocycles. The van der Waals surface area contributed by atoms with Crippen molar-refractivity contribution in [2.24, 2.45) is 0 Å². The fourth-order valence-electron chi connectivity index (χ4n) is 1.42. The van der Waals surface area contributed by atoms with E-state index in [1.165, 1.54) is 7.11 Å². The molecule has 3 nitrogen and oxygen atoms in total. The first-order valence-corrected chi connectivity index (χ1v) is 5.81. The minimum absolute atomic E-state index is 0.274. The lowest BCUT2D eigenvalue weighted by Gasteiger charge is -2.04. The number of esters is 1. The molecule has 0 bridgehead atoms. The summed E-state index contributed by atoms with van der Waals surface area (Å²) in [5, 5.41) is 0. The van der Waals surface area contributed by atoms with Gasteiger partial charge in [-0.1, -0.05) is 48.4 Å². The Hall–Kier alpha value is -2.31. The first kappa shape index (κ1) is 14.7. The molecule has 0 saturated carbocycles. The molecular weight excluding hydrogens is 240 g/mol. The predicted molar refractivity (Wildman–Crippen MR) is 75.2 cm³/mol. The molecule has 0 saturated heterocycles. The van der Waals surface area contributed by atoms with Crippen molar-refractivity contribution in [2.75, 3.05) is 20.3 Å². The molecule has 1 aromatic carbocycles. The first-order chi connectivity index (χ1) is 9.29. The molecule has 1 rings (SSSR count). The number of benzene rings is 1. The summed E-state index contributed by atoms with van der Waals surface area (Å²) < 4.78 is 9.85. The quantitative estimate of drug-likeness (QED) is 0.258. The highest BCUT2D eigenvalue weighted by atomic mass is 16.5. The Morgan fingerprint density at radius 1 is 1.37 bits per heavy atom. The highest BCUT2D eigenvalue weighted by Crippen LogP contribution is 2.15. The number of hydrogen-bond acceptors (Lipinski definition) is 3. The summed E-state index contributed by atoms with van der Waals surface area (Å²) >= 11 is 0. The van der Waals surface area contributed by atoms with Crippen LogP contribution in [0.3, 0.4) is 0 Å². The molecular formula is C16H16O3. The van der Waals surface area contributed by atoms with Gasteiger partial charge in [-0.3, -0.25) is 0 Å². The second-order valence-corrected chi connectivity index (χ2v) is 3.59. The van der Waals surface area contributed by atoms with E-state index in [1.807, 2.05) is 30.3 Å². The summed E-state index contributed by atoms with van der Waals surface area (Å²) in [4.78, 5) is 11.7. The lowest BCUT2D eigenvalue weighted by Crippen LogP contribution is -2.03. The third-order valence-corrected chi connectivity index (χ3v) is 2.29. The highest BCUT2D eigenvalue weighted by molar-refractivity contribution is 6.16. The summed E-state index contributed by atoms with van der Waals surface area (Å²) in [5.74, 6) is 2.00. The van der Waals surface area contributed by atoms with Crippen molar-refractivity contribution in [3.05, 3.63) is 54.1 Å². The van der Waals surface area contributed by atoms with E-state index in [4.69, 9.17) is 15.9 Å². The van der Waals surface area contributed by atoms with E-state index < -0.39 is 0 Å². The Labute approximate surface area is 113 Å². The number of methoxy groups -OCH3 is 1. The molecule has 0 amide bonds. The van der Waals surface area contributed by atoms with Crippen LogP contribution in [0, 0.1) is 12.3 Å². The fourth-order valence-corrected chi connectivity index (χ4v) is 1.42. The number of rotatable bonds is 6. The molecule has 0 N–H and O–H groups in total. The number of ether oxygens (including phenoxy) is 2. The maximum atomic E-state index is 11.7. The van der Waals surface area contributed by atoms with Crippen LogP contribution in [0.25, 0.3) is 5.57 Å². The summed E-state index contributed by atoms with van der Waals surface area (Å²) in [6.07, 6.45) is 10.3. The van der Waals surface area contributed by atoms with Gasteiger partial charge in [0.15, 0.2) is 0 Å². The van der Waals surface area contributed by atoms with Crippen molar-refractivity contribution >= 4 is 11.5 Å². The first-order valence-electron chi connectivity index (χ1n) is 5.81. The molecule has 0 aliphatic heterocycles. The van der Waals surface area contributed by atoms with Crippen molar-refractivity contribution in [1.29, 1.82) is 0 Å². The van der Waals surface area contributed by atoms with E-state index in [0.717, 1.165) is 5.56 Å². The fraction of sp³-hybridized carbons (Fsp3) is 0.188. The number of carbonyl (C=O) groups is 1. The lowest BCUT2D eigenvalue weighted by atomic mass is 10.1. The van der Waals surface area contributed by atoms with Crippen molar-refractivity contribution in [2.45, 2.75) is 0 Å². The zero-order valence-electron chi connectivity index (χ0n) is 10.8. The SMILES string of the molecule is C#CCOC/C=C/C=C(/C(=O)OC)c1ccccc1. The zero-order valence-corrected chi connectivity index (χ0v) is 10.8. The molecule has 0 spiro atoms. The van der Waals surface area contributed by atoms with E-state index in [0.29, 0.717) is 12.2 Å². The van der Waals surface area contributed by atoms with Crippen LogP contribution in [0.2, 0.25) is 0 Å². The molecule has 98 valence electrons. The van der Waals surface area contributed by atoms with Gasteiger partial charge < -0.3 is 9.47 Å².